The van der Waals surface area contributed by atoms with Crippen molar-refractivity contribution < 1.29 is 4.79 Å². The van der Waals surface area contributed by atoms with Crippen LogP contribution in [0.1, 0.15) is 53.3 Å². The SMILES string of the molecule is Cc1nc(SCCCCC(=O)N2CCN(C(c3ccccc3)c3ccccc3)CC2)n(C)c(=O)c1Cc1cccc(Cl)c1. The minimum atomic E-state index is -0.0222. The second-order valence-electron chi connectivity index (χ2n) is 11.1. The molecule has 0 unspecified atom stereocenters. The molecule has 0 radical (unpaired) electrons. The van der Waals surface area contributed by atoms with E-state index >= 15 is 0 Å². The molecule has 0 bridgehead atoms. The fraction of sp³-hybridized carbons (Fsp3) is 0.343. The molecule has 0 aliphatic carbocycles. The van der Waals surface area contributed by atoms with Crippen LogP contribution in [0, 0.1) is 6.92 Å². The highest BCUT2D eigenvalue weighted by molar-refractivity contribution is 7.99. The lowest BCUT2D eigenvalue weighted by Gasteiger charge is -2.40. The molecule has 2 heterocycles. The van der Waals surface area contributed by atoms with E-state index < -0.39 is 0 Å². The Balaban J connectivity index is 1.09. The Labute approximate surface area is 263 Å². The summed E-state index contributed by atoms with van der Waals surface area (Å²) in [6.07, 6.45) is 2.76. The first-order valence-electron chi connectivity index (χ1n) is 15.0. The number of aryl methyl sites for hydroxylation is 1. The van der Waals surface area contributed by atoms with Gasteiger partial charge in [-0.05, 0) is 48.6 Å². The largest absolute Gasteiger partial charge is 0.340 e. The first-order chi connectivity index (χ1) is 20.9. The molecule has 0 N–H and O–H groups in total. The van der Waals surface area contributed by atoms with Gasteiger partial charge in [-0.15, -0.1) is 0 Å². The molecule has 43 heavy (non-hydrogen) atoms. The maximum absolute atomic E-state index is 13.1. The first-order valence-corrected chi connectivity index (χ1v) is 16.3. The summed E-state index contributed by atoms with van der Waals surface area (Å²) >= 11 is 7.70. The third-order valence-corrected chi connectivity index (χ3v) is 9.45. The number of halogens is 1. The Morgan fingerprint density at radius 1 is 0.907 bits per heavy atom. The van der Waals surface area contributed by atoms with Gasteiger partial charge in [-0.2, -0.15) is 0 Å². The van der Waals surface area contributed by atoms with Gasteiger partial charge in [-0.25, -0.2) is 4.98 Å². The predicted octanol–water partition coefficient (Wildman–Crippen LogP) is 6.53. The molecule has 6 nitrogen and oxygen atoms in total. The van der Waals surface area contributed by atoms with Crippen molar-refractivity contribution >= 4 is 29.3 Å². The standard InChI is InChI=1S/C35H39ClN4O2S/c1-26-31(25-27-12-11-17-30(36)24-27)34(42)38(2)35(37-26)43-23-10-9-18-32(41)39-19-21-40(22-20-39)33(28-13-5-3-6-14-28)29-15-7-4-8-16-29/h3-8,11-17,24,33H,9-10,18-23,25H2,1-2H3. The summed E-state index contributed by atoms with van der Waals surface area (Å²) in [6.45, 7) is 5.09. The number of carbonyl (C=O) groups excluding carboxylic acids is 1. The van der Waals surface area contributed by atoms with Crippen LogP contribution in [0.25, 0.3) is 0 Å². The molecule has 5 rings (SSSR count). The number of carbonyl (C=O) groups is 1. The number of unbranched alkanes of at least 4 members (excludes halogenated alkanes) is 1. The molecule has 1 saturated heterocycles. The average Bonchev–Trinajstić information content (AvgIpc) is 3.03. The molecule has 0 atom stereocenters. The Hall–Kier alpha value is -3.39. The van der Waals surface area contributed by atoms with E-state index in [1.54, 1.807) is 23.4 Å². The van der Waals surface area contributed by atoms with Crippen molar-refractivity contribution in [1.82, 2.24) is 19.4 Å². The minimum absolute atomic E-state index is 0.0222. The monoisotopic (exact) mass is 614 g/mol. The Morgan fingerprint density at radius 3 is 2.19 bits per heavy atom. The lowest BCUT2D eigenvalue weighted by Crippen LogP contribution is -2.49. The molecule has 1 fully saturated rings. The van der Waals surface area contributed by atoms with Crippen LogP contribution < -0.4 is 5.56 Å². The van der Waals surface area contributed by atoms with Gasteiger partial charge in [-0.1, -0.05) is 96.2 Å². The molecule has 8 heteroatoms. The van der Waals surface area contributed by atoms with Crippen molar-refractivity contribution in [2.45, 2.75) is 43.8 Å². The fourth-order valence-corrected chi connectivity index (χ4v) is 6.95. The number of hydrogen-bond donors (Lipinski definition) is 0. The quantitative estimate of drug-likeness (QED) is 0.109. The van der Waals surface area contributed by atoms with E-state index in [1.165, 1.54) is 11.1 Å². The van der Waals surface area contributed by atoms with E-state index in [4.69, 9.17) is 16.6 Å². The summed E-state index contributed by atoms with van der Waals surface area (Å²) in [5.74, 6) is 1.04. The van der Waals surface area contributed by atoms with E-state index in [0.717, 1.165) is 56.0 Å². The van der Waals surface area contributed by atoms with Crippen LogP contribution in [0.3, 0.4) is 0 Å². The molecule has 1 aliphatic rings. The number of thioether (sulfide) groups is 1. The number of benzene rings is 3. The third kappa shape index (κ3) is 7.96. The van der Waals surface area contributed by atoms with Crippen molar-refractivity contribution in [3.63, 3.8) is 0 Å². The molecule has 4 aromatic rings. The Bertz CT molecular complexity index is 1530. The minimum Gasteiger partial charge on any atom is -0.340 e. The predicted molar refractivity (Wildman–Crippen MR) is 176 cm³/mol. The van der Waals surface area contributed by atoms with Crippen LogP contribution in [0.15, 0.2) is 94.9 Å². The van der Waals surface area contributed by atoms with Crippen LogP contribution in [0.5, 0.6) is 0 Å². The van der Waals surface area contributed by atoms with Gasteiger partial charge >= 0.3 is 0 Å². The molecule has 0 spiro atoms. The highest BCUT2D eigenvalue weighted by Crippen LogP contribution is 2.29. The van der Waals surface area contributed by atoms with E-state index in [9.17, 15) is 9.59 Å². The van der Waals surface area contributed by atoms with E-state index in [-0.39, 0.29) is 17.5 Å². The lowest BCUT2D eigenvalue weighted by molar-refractivity contribution is -0.133. The van der Waals surface area contributed by atoms with E-state index in [0.29, 0.717) is 28.6 Å². The second-order valence-corrected chi connectivity index (χ2v) is 12.6. The third-order valence-electron chi connectivity index (χ3n) is 8.10. The Kier molecular flexibility index (Phi) is 10.7. The number of nitrogens with zero attached hydrogens (tertiary/aromatic N) is 4. The van der Waals surface area contributed by atoms with Crippen molar-refractivity contribution in [2.75, 3.05) is 31.9 Å². The van der Waals surface area contributed by atoms with Gasteiger partial charge in [0.25, 0.3) is 5.56 Å². The van der Waals surface area contributed by atoms with E-state index in [2.05, 4.69) is 65.6 Å². The van der Waals surface area contributed by atoms with Crippen LogP contribution in [0.2, 0.25) is 5.02 Å². The average molecular weight is 615 g/mol. The van der Waals surface area contributed by atoms with Crippen LogP contribution in [0.4, 0.5) is 0 Å². The topological polar surface area (TPSA) is 58.4 Å². The molecule has 3 aromatic carbocycles. The van der Waals surface area contributed by atoms with Gasteiger partial charge in [0.1, 0.15) is 0 Å². The summed E-state index contributed by atoms with van der Waals surface area (Å²) in [5.41, 5.74) is 4.98. The summed E-state index contributed by atoms with van der Waals surface area (Å²) < 4.78 is 1.64. The molecule has 1 aliphatic heterocycles. The number of hydrogen-bond acceptors (Lipinski definition) is 5. The maximum atomic E-state index is 13.1. The fourth-order valence-electron chi connectivity index (χ4n) is 5.73. The zero-order valence-electron chi connectivity index (χ0n) is 24.9. The lowest BCUT2D eigenvalue weighted by atomic mass is 9.96. The van der Waals surface area contributed by atoms with Crippen molar-refractivity contribution in [3.8, 4) is 0 Å². The number of aromatic nitrogens is 2. The van der Waals surface area contributed by atoms with Gasteiger partial charge in [0.2, 0.25) is 5.91 Å². The smallest absolute Gasteiger partial charge is 0.257 e. The van der Waals surface area contributed by atoms with Gasteiger partial charge in [0.15, 0.2) is 5.16 Å². The summed E-state index contributed by atoms with van der Waals surface area (Å²) in [5, 5.41) is 1.37. The van der Waals surface area contributed by atoms with Gasteiger partial charge in [0.05, 0.1) is 6.04 Å². The van der Waals surface area contributed by atoms with Crippen molar-refractivity contribution in [1.29, 1.82) is 0 Å². The number of rotatable bonds is 11. The second kappa shape index (κ2) is 14.9. The van der Waals surface area contributed by atoms with E-state index in [1.807, 2.05) is 36.1 Å². The zero-order valence-corrected chi connectivity index (χ0v) is 26.5. The normalized spacial score (nSPS) is 13.9. The van der Waals surface area contributed by atoms with Gasteiger partial charge in [0, 0.05) is 68.1 Å². The van der Waals surface area contributed by atoms with Crippen molar-refractivity contribution in [2.24, 2.45) is 7.05 Å². The molecular weight excluding hydrogens is 576 g/mol. The molecule has 1 amide bonds. The zero-order chi connectivity index (χ0) is 30.2. The molecule has 0 saturated carbocycles. The highest BCUT2D eigenvalue weighted by Gasteiger charge is 2.28. The van der Waals surface area contributed by atoms with Crippen molar-refractivity contribution in [3.05, 3.63) is 128 Å². The summed E-state index contributed by atoms with van der Waals surface area (Å²) in [6, 6.07) is 29.0. The number of piperazine rings is 1. The van der Waals surface area contributed by atoms with Crippen LogP contribution in [-0.2, 0) is 18.3 Å². The Morgan fingerprint density at radius 2 is 1.56 bits per heavy atom. The summed E-state index contributed by atoms with van der Waals surface area (Å²) in [4.78, 5) is 35.4. The van der Waals surface area contributed by atoms with Gasteiger partial charge in [-0.3, -0.25) is 19.1 Å². The molecule has 1 aromatic heterocycles. The summed E-state index contributed by atoms with van der Waals surface area (Å²) in [7, 11) is 1.78. The molecular formula is C35H39ClN4O2S. The van der Waals surface area contributed by atoms with Gasteiger partial charge < -0.3 is 4.90 Å². The van der Waals surface area contributed by atoms with Crippen LogP contribution >= 0.6 is 23.4 Å². The van der Waals surface area contributed by atoms with Crippen LogP contribution in [-0.4, -0.2) is 57.2 Å². The molecule has 224 valence electrons. The number of amides is 1. The highest BCUT2D eigenvalue weighted by atomic mass is 35.5. The maximum Gasteiger partial charge on any atom is 0.257 e. The first kappa shape index (κ1) is 31.0.